The van der Waals surface area contributed by atoms with Gasteiger partial charge >= 0.3 is 12.5 Å². The first-order valence-electron chi connectivity index (χ1n) is 11.1. The fourth-order valence-electron chi connectivity index (χ4n) is 3.77. The molecule has 0 radical (unpaired) electrons. The van der Waals surface area contributed by atoms with Gasteiger partial charge in [0.1, 0.15) is 6.04 Å². The number of carbonyl (C=O) groups is 1. The summed E-state index contributed by atoms with van der Waals surface area (Å²) < 4.78 is 94.9. The summed E-state index contributed by atoms with van der Waals surface area (Å²) >= 11 is 0. The van der Waals surface area contributed by atoms with Gasteiger partial charge in [0, 0.05) is 13.1 Å². The molecule has 0 aromatic heterocycles. The first kappa shape index (κ1) is 28.0. The average molecular weight is 528 g/mol. The van der Waals surface area contributed by atoms with Crippen molar-refractivity contribution in [3.8, 4) is 5.75 Å². The van der Waals surface area contributed by atoms with Crippen LogP contribution in [0.5, 0.6) is 5.75 Å². The van der Waals surface area contributed by atoms with Crippen LogP contribution in [0.4, 0.5) is 30.7 Å². The quantitative estimate of drug-likeness (QED) is 0.312. The first-order valence-corrected chi connectivity index (χ1v) is 11.1. The number of likely N-dealkylation sites (N-methyl/N-ethyl adjacent to an activating group) is 1. The van der Waals surface area contributed by atoms with Crippen molar-refractivity contribution < 1.29 is 40.3 Å². The molecule has 0 heterocycles. The van der Waals surface area contributed by atoms with Crippen molar-refractivity contribution in [3.63, 3.8) is 0 Å². The molecule has 37 heavy (non-hydrogen) atoms. The van der Waals surface area contributed by atoms with Crippen LogP contribution in [0.3, 0.4) is 0 Å². The lowest BCUT2D eigenvalue weighted by atomic mass is 9.95. The Bertz CT molecular complexity index is 1180. The number of ether oxygens (including phenoxy) is 1. The van der Waals surface area contributed by atoms with E-state index in [1.54, 1.807) is 30.3 Å². The summed E-state index contributed by atoms with van der Waals surface area (Å²) in [5.41, 5.74) is 0.472. The zero-order valence-corrected chi connectivity index (χ0v) is 19.5. The minimum atomic E-state index is -5.13. The fraction of sp³-hybridized carbons (Fsp3) is 0.269. The summed E-state index contributed by atoms with van der Waals surface area (Å²) in [5, 5.41) is 5.63. The minimum absolute atomic E-state index is 0.156. The second kappa shape index (κ2) is 11.6. The number of benzene rings is 3. The molecule has 3 aromatic carbocycles. The number of nitrogens with one attached hydrogen (secondary N) is 2. The van der Waals surface area contributed by atoms with Gasteiger partial charge < -0.3 is 10.1 Å². The van der Waals surface area contributed by atoms with Gasteiger partial charge in [-0.25, -0.2) is 4.39 Å². The highest BCUT2D eigenvalue weighted by atomic mass is 19.4. The Kier molecular flexibility index (Phi) is 8.80. The molecule has 0 aliphatic carbocycles. The van der Waals surface area contributed by atoms with E-state index in [0.29, 0.717) is 11.1 Å². The molecule has 198 valence electrons. The van der Waals surface area contributed by atoms with Crippen molar-refractivity contribution in [2.75, 3.05) is 7.05 Å². The number of aryl methyl sites for hydroxylation is 1. The smallest absolute Gasteiger partial charge is 0.403 e. The topological polar surface area (TPSA) is 50.4 Å². The predicted octanol–water partition coefficient (Wildman–Crippen LogP) is 6.49. The highest BCUT2D eigenvalue weighted by Crippen LogP contribution is 2.32. The zero-order valence-electron chi connectivity index (χ0n) is 19.5. The molecule has 0 fully saturated rings. The number of rotatable bonds is 9. The molecule has 11 heteroatoms. The van der Waals surface area contributed by atoms with Crippen molar-refractivity contribution in [2.24, 2.45) is 0 Å². The molecule has 0 spiro atoms. The van der Waals surface area contributed by atoms with Crippen LogP contribution in [0.15, 0.2) is 72.8 Å². The van der Waals surface area contributed by atoms with Gasteiger partial charge in [-0.1, -0.05) is 48.5 Å². The van der Waals surface area contributed by atoms with E-state index < -0.39 is 47.7 Å². The number of alkyl halides is 6. The van der Waals surface area contributed by atoms with E-state index in [1.165, 1.54) is 25.2 Å². The van der Waals surface area contributed by atoms with Crippen molar-refractivity contribution in [1.82, 2.24) is 10.6 Å². The minimum Gasteiger partial charge on any atom is -0.403 e. The monoisotopic (exact) mass is 528 g/mol. The lowest BCUT2D eigenvalue weighted by Gasteiger charge is -2.26. The van der Waals surface area contributed by atoms with Crippen molar-refractivity contribution in [1.29, 1.82) is 0 Å². The Hall–Kier alpha value is -3.60. The van der Waals surface area contributed by atoms with Crippen LogP contribution in [0, 0.1) is 5.82 Å². The van der Waals surface area contributed by atoms with E-state index in [0.717, 1.165) is 24.3 Å². The van der Waals surface area contributed by atoms with E-state index in [-0.39, 0.29) is 18.4 Å². The van der Waals surface area contributed by atoms with Crippen LogP contribution in [-0.2, 0) is 17.4 Å². The second-order valence-electron chi connectivity index (χ2n) is 8.15. The number of amides is 1. The summed E-state index contributed by atoms with van der Waals surface area (Å²) in [6.45, 7) is 0. The van der Waals surface area contributed by atoms with Crippen LogP contribution in [-0.4, -0.2) is 19.3 Å². The maximum Gasteiger partial charge on any atom is 0.573 e. The van der Waals surface area contributed by atoms with E-state index >= 15 is 0 Å². The Balaban J connectivity index is 1.94. The first-order chi connectivity index (χ1) is 17.4. The third-order valence-corrected chi connectivity index (χ3v) is 5.60. The van der Waals surface area contributed by atoms with Crippen LogP contribution in [0.1, 0.15) is 40.8 Å². The molecule has 0 aliphatic heterocycles. The highest BCUT2D eigenvalue weighted by Gasteiger charge is 2.33. The van der Waals surface area contributed by atoms with Crippen LogP contribution in [0.2, 0.25) is 0 Å². The van der Waals surface area contributed by atoms with Gasteiger partial charge in [-0.2, -0.15) is 13.2 Å². The van der Waals surface area contributed by atoms with E-state index in [4.69, 9.17) is 0 Å². The van der Waals surface area contributed by atoms with Gasteiger partial charge in [0.05, 0.1) is 5.56 Å². The van der Waals surface area contributed by atoms with Gasteiger partial charge in [0.25, 0.3) is 0 Å². The number of carbonyl (C=O) groups excluding carboxylic acids is 1. The third-order valence-electron chi connectivity index (χ3n) is 5.60. The Labute approximate surface area is 208 Å². The molecule has 0 bridgehead atoms. The summed E-state index contributed by atoms with van der Waals surface area (Å²) in [5.74, 6) is -2.70. The zero-order chi connectivity index (χ0) is 27.2. The average Bonchev–Trinajstić information content (AvgIpc) is 2.84. The molecule has 2 atom stereocenters. The molecular formula is C26H23F7N2O2. The largest absolute Gasteiger partial charge is 0.573 e. The van der Waals surface area contributed by atoms with E-state index in [1.807, 2.05) is 0 Å². The maximum absolute atomic E-state index is 14.1. The molecule has 3 aromatic rings. The number of hydrogen-bond acceptors (Lipinski definition) is 3. The van der Waals surface area contributed by atoms with E-state index in [9.17, 15) is 35.5 Å². The lowest BCUT2D eigenvalue weighted by molar-refractivity contribution is -0.275. The summed E-state index contributed by atoms with van der Waals surface area (Å²) in [6, 6.07) is 14.2. The summed E-state index contributed by atoms with van der Waals surface area (Å²) in [7, 11) is 1.42. The Morgan fingerprint density at radius 2 is 1.54 bits per heavy atom. The molecule has 2 N–H and O–H groups in total. The van der Waals surface area contributed by atoms with Gasteiger partial charge in [0.2, 0.25) is 5.91 Å². The molecule has 0 saturated heterocycles. The van der Waals surface area contributed by atoms with Crippen molar-refractivity contribution >= 4 is 5.91 Å². The molecule has 1 amide bonds. The van der Waals surface area contributed by atoms with E-state index in [2.05, 4.69) is 15.4 Å². The normalized spacial score (nSPS) is 13.6. The van der Waals surface area contributed by atoms with Crippen molar-refractivity contribution in [2.45, 2.75) is 37.5 Å². The lowest BCUT2D eigenvalue weighted by Crippen LogP contribution is -2.38. The predicted molar refractivity (Wildman–Crippen MR) is 122 cm³/mol. The van der Waals surface area contributed by atoms with Gasteiger partial charge in [-0.15, -0.1) is 13.2 Å². The fourth-order valence-corrected chi connectivity index (χ4v) is 3.77. The SMILES string of the molecule is CNC(=O)C(NC(CCc1ccc(C(F)(F)F)cc1)c1ccc(F)c(OC(F)(F)F)c1)c1ccccc1. The molecule has 2 unspecified atom stereocenters. The second-order valence-corrected chi connectivity index (χ2v) is 8.15. The van der Waals surface area contributed by atoms with Crippen LogP contribution in [0.25, 0.3) is 0 Å². The molecular weight excluding hydrogens is 505 g/mol. The number of halogens is 7. The van der Waals surface area contributed by atoms with Gasteiger partial charge in [-0.05, 0) is 53.8 Å². The molecule has 4 nitrogen and oxygen atoms in total. The highest BCUT2D eigenvalue weighted by molar-refractivity contribution is 5.83. The van der Waals surface area contributed by atoms with Crippen molar-refractivity contribution in [3.05, 3.63) is 101 Å². The molecule has 0 aliphatic rings. The third kappa shape index (κ3) is 7.94. The summed E-state index contributed by atoms with van der Waals surface area (Å²) in [6.07, 6.45) is -9.26. The van der Waals surface area contributed by atoms with Crippen LogP contribution < -0.4 is 15.4 Å². The Morgan fingerprint density at radius 1 is 0.892 bits per heavy atom. The molecule has 0 saturated carbocycles. The van der Waals surface area contributed by atoms with Gasteiger partial charge in [0.15, 0.2) is 11.6 Å². The maximum atomic E-state index is 14.1. The summed E-state index contributed by atoms with van der Waals surface area (Å²) in [4.78, 5) is 12.7. The standard InChI is InChI=1S/C26H23F7N2O2/c1-34-24(36)23(17-5-3-2-4-6-17)35-21(14-9-16-7-11-19(12-8-16)25(28,29)30)18-10-13-20(27)22(15-18)37-26(31,32)33/h2-8,10-13,15,21,23,35H,9,14H2,1H3,(H,34,36). The molecule has 3 rings (SSSR count). The van der Waals surface area contributed by atoms with Gasteiger partial charge in [-0.3, -0.25) is 10.1 Å². The Morgan fingerprint density at radius 3 is 2.11 bits per heavy atom. The number of hydrogen-bond donors (Lipinski definition) is 2. The van der Waals surface area contributed by atoms with Crippen LogP contribution >= 0.6 is 0 Å².